The molecule has 0 fully saturated rings. The summed E-state index contributed by atoms with van der Waals surface area (Å²) in [6.07, 6.45) is 6.01. The number of aryl methyl sites for hydroxylation is 3. The first-order valence-corrected chi connectivity index (χ1v) is 6.67. The molecule has 0 radical (unpaired) electrons. The molecule has 16 heavy (non-hydrogen) atoms. The van der Waals surface area contributed by atoms with Gasteiger partial charge in [0, 0.05) is 24.5 Å². The number of halogens is 1. The minimum Gasteiger partial charge on any atom is -0.272 e. The molecule has 0 aliphatic carbocycles. The van der Waals surface area contributed by atoms with Crippen LogP contribution in [0.3, 0.4) is 0 Å². The highest BCUT2D eigenvalue weighted by atomic mass is 35.5. The van der Waals surface area contributed by atoms with Crippen molar-refractivity contribution in [1.29, 1.82) is 0 Å². The van der Waals surface area contributed by atoms with Gasteiger partial charge in [0.25, 0.3) is 0 Å². The van der Waals surface area contributed by atoms with Crippen LogP contribution in [0.1, 0.15) is 22.7 Å². The molecule has 0 amide bonds. The van der Waals surface area contributed by atoms with E-state index in [-0.39, 0.29) is 0 Å². The molecule has 0 N–H and O–H groups in total. The molecular weight excluding hydrogens is 242 g/mol. The lowest BCUT2D eigenvalue weighted by atomic mass is 10.3. The van der Waals surface area contributed by atoms with E-state index in [1.807, 2.05) is 16.3 Å². The molecule has 2 heterocycles. The normalized spacial score (nSPS) is 10.9. The first-order valence-electron chi connectivity index (χ1n) is 5.26. The predicted molar refractivity (Wildman–Crippen MR) is 67.0 cm³/mol. The smallest absolute Gasteiger partial charge is 0.0929 e. The van der Waals surface area contributed by atoms with Crippen molar-refractivity contribution in [2.75, 3.05) is 0 Å². The van der Waals surface area contributed by atoms with Gasteiger partial charge in [0.15, 0.2) is 0 Å². The summed E-state index contributed by atoms with van der Waals surface area (Å²) in [7, 11) is 0. The molecule has 0 spiro atoms. The second-order valence-corrected chi connectivity index (χ2v) is 4.96. The molecule has 2 aromatic rings. The van der Waals surface area contributed by atoms with Gasteiger partial charge in [-0.3, -0.25) is 4.68 Å². The molecule has 0 bridgehead atoms. The van der Waals surface area contributed by atoms with E-state index in [0.717, 1.165) is 25.1 Å². The number of aromatic nitrogens is 3. The summed E-state index contributed by atoms with van der Waals surface area (Å²) in [4.78, 5) is 4.42. The largest absolute Gasteiger partial charge is 0.272 e. The third-order valence-electron chi connectivity index (χ3n) is 2.28. The summed E-state index contributed by atoms with van der Waals surface area (Å²) >= 11 is 7.39. The standard InChI is InChI=1S/C11H14ClN3S/c1-9-6-13-15(7-9)4-2-3-11-14-10(5-12)8-16-11/h6-8H,2-5H2,1H3. The molecule has 0 saturated carbocycles. The maximum atomic E-state index is 5.70. The quantitative estimate of drug-likeness (QED) is 0.769. The van der Waals surface area contributed by atoms with Crippen LogP contribution in [-0.2, 0) is 18.8 Å². The third-order valence-corrected chi connectivity index (χ3v) is 3.51. The van der Waals surface area contributed by atoms with Crippen molar-refractivity contribution in [3.8, 4) is 0 Å². The van der Waals surface area contributed by atoms with Crippen molar-refractivity contribution in [1.82, 2.24) is 14.8 Å². The highest BCUT2D eigenvalue weighted by Gasteiger charge is 2.01. The van der Waals surface area contributed by atoms with E-state index in [1.54, 1.807) is 11.3 Å². The van der Waals surface area contributed by atoms with Gasteiger partial charge in [0.1, 0.15) is 0 Å². The lowest BCUT2D eigenvalue weighted by molar-refractivity contribution is 0.577. The van der Waals surface area contributed by atoms with E-state index in [4.69, 9.17) is 11.6 Å². The Morgan fingerprint density at radius 2 is 2.38 bits per heavy atom. The van der Waals surface area contributed by atoms with Gasteiger partial charge in [-0.25, -0.2) is 4.98 Å². The van der Waals surface area contributed by atoms with Gasteiger partial charge in [-0.2, -0.15) is 5.10 Å². The molecule has 2 aromatic heterocycles. The van der Waals surface area contributed by atoms with Crippen molar-refractivity contribution in [3.05, 3.63) is 34.0 Å². The van der Waals surface area contributed by atoms with Crippen molar-refractivity contribution in [3.63, 3.8) is 0 Å². The highest BCUT2D eigenvalue weighted by molar-refractivity contribution is 7.09. The zero-order valence-electron chi connectivity index (χ0n) is 9.19. The van der Waals surface area contributed by atoms with Crippen LogP contribution in [0.4, 0.5) is 0 Å². The molecule has 0 aliphatic heterocycles. The fraction of sp³-hybridized carbons (Fsp3) is 0.455. The van der Waals surface area contributed by atoms with Crippen molar-refractivity contribution >= 4 is 22.9 Å². The van der Waals surface area contributed by atoms with Gasteiger partial charge in [0.2, 0.25) is 0 Å². The number of thiazole rings is 1. The molecule has 0 saturated heterocycles. The Morgan fingerprint density at radius 3 is 3.00 bits per heavy atom. The van der Waals surface area contributed by atoms with Crippen LogP contribution in [-0.4, -0.2) is 14.8 Å². The molecule has 86 valence electrons. The average molecular weight is 256 g/mol. The van der Waals surface area contributed by atoms with E-state index < -0.39 is 0 Å². The van der Waals surface area contributed by atoms with Crippen molar-refractivity contribution in [2.45, 2.75) is 32.2 Å². The zero-order valence-corrected chi connectivity index (χ0v) is 10.8. The van der Waals surface area contributed by atoms with Gasteiger partial charge in [-0.15, -0.1) is 22.9 Å². The summed E-state index contributed by atoms with van der Waals surface area (Å²) in [5, 5.41) is 7.44. The lowest BCUT2D eigenvalue weighted by Gasteiger charge is -1.99. The van der Waals surface area contributed by atoms with E-state index >= 15 is 0 Å². The van der Waals surface area contributed by atoms with E-state index in [9.17, 15) is 0 Å². The summed E-state index contributed by atoms with van der Waals surface area (Å²) < 4.78 is 1.98. The van der Waals surface area contributed by atoms with Crippen LogP contribution >= 0.6 is 22.9 Å². The summed E-state index contributed by atoms with van der Waals surface area (Å²) in [5.41, 5.74) is 2.19. The van der Waals surface area contributed by atoms with Crippen LogP contribution in [0.15, 0.2) is 17.8 Å². The van der Waals surface area contributed by atoms with Gasteiger partial charge in [-0.05, 0) is 18.9 Å². The first kappa shape index (κ1) is 11.6. The topological polar surface area (TPSA) is 30.7 Å². The molecule has 0 aliphatic rings. The lowest BCUT2D eigenvalue weighted by Crippen LogP contribution is -1.99. The second-order valence-electron chi connectivity index (χ2n) is 3.75. The fourth-order valence-electron chi connectivity index (χ4n) is 1.51. The fourth-order valence-corrected chi connectivity index (χ4v) is 2.58. The molecule has 0 unspecified atom stereocenters. The van der Waals surface area contributed by atoms with Crippen LogP contribution < -0.4 is 0 Å². The highest BCUT2D eigenvalue weighted by Crippen LogP contribution is 2.13. The molecule has 0 aromatic carbocycles. The van der Waals surface area contributed by atoms with Crippen LogP contribution in [0.2, 0.25) is 0 Å². The van der Waals surface area contributed by atoms with Crippen molar-refractivity contribution in [2.24, 2.45) is 0 Å². The minimum absolute atomic E-state index is 0.509. The summed E-state index contributed by atoms with van der Waals surface area (Å²) in [5.74, 6) is 0.509. The minimum atomic E-state index is 0.509. The average Bonchev–Trinajstić information content (AvgIpc) is 2.88. The summed E-state index contributed by atoms with van der Waals surface area (Å²) in [6, 6.07) is 0. The van der Waals surface area contributed by atoms with Crippen LogP contribution in [0.25, 0.3) is 0 Å². The Hall–Kier alpha value is -0.870. The van der Waals surface area contributed by atoms with Gasteiger partial charge in [0.05, 0.1) is 22.8 Å². The van der Waals surface area contributed by atoms with Gasteiger partial charge >= 0.3 is 0 Å². The van der Waals surface area contributed by atoms with E-state index in [0.29, 0.717) is 5.88 Å². The Bertz CT molecular complexity index is 450. The first-order chi connectivity index (χ1) is 7.78. The third kappa shape index (κ3) is 3.06. The Kier molecular flexibility index (Phi) is 3.96. The number of nitrogens with zero attached hydrogens (tertiary/aromatic N) is 3. The zero-order chi connectivity index (χ0) is 11.4. The molecule has 5 heteroatoms. The van der Waals surface area contributed by atoms with Crippen LogP contribution in [0, 0.1) is 6.92 Å². The Labute approximate surface area is 104 Å². The van der Waals surface area contributed by atoms with E-state index in [1.165, 1.54) is 10.6 Å². The number of hydrogen-bond acceptors (Lipinski definition) is 3. The monoisotopic (exact) mass is 255 g/mol. The second kappa shape index (κ2) is 5.46. The van der Waals surface area contributed by atoms with Gasteiger partial charge in [-0.1, -0.05) is 0 Å². The van der Waals surface area contributed by atoms with Gasteiger partial charge < -0.3 is 0 Å². The summed E-state index contributed by atoms with van der Waals surface area (Å²) in [6.45, 7) is 3.00. The SMILES string of the molecule is Cc1cnn(CCCc2nc(CCl)cs2)c1. The van der Waals surface area contributed by atoms with Crippen molar-refractivity contribution < 1.29 is 0 Å². The number of hydrogen-bond donors (Lipinski definition) is 0. The maximum Gasteiger partial charge on any atom is 0.0929 e. The van der Waals surface area contributed by atoms with E-state index in [2.05, 4.69) is 23.2 Å². The number of alkyl halides is 1. The molecular formula is C11H14ClN3S. The predicted octanol–water partition coefficient (Wildman–Crippen LogP) is 3.02. The molecule has 0 atom stereocenters. The number of rotatable bonds is 5. The molecule has 3 nitrogen and oxygen atoms in total. The Morgan fingerprint density at radius 1 is 1.50 bits per heavy atom. The maximum absolute atomic E-state index is 5.70. The molecule has 2 rings (SSSR count). The van der Waals surface area contributed by atoms with Crippen LogP contribution in [0.5, 0.6) is 0 Å². The Balaban J connectivity index is 1.79.